The van der Waals surface area contributed by atoms with E-state index in [0.717, 1.165) is 24.3 Å². The molecule has 1 aliphatic carbocycles. The zero-order valence-corrected chi connectivity index (χ0v) is 21.9. The van der Waals surface area contributed by atoms with E-state index in [4.69, 9.17) is 0 Å². The number of fused-ring (bicyclic) bond motifs is 1. The number of benzene rings is 3. The van der Waals surface area contributed by atoms with Crippen molar-refractivity contribution < 1.29 is 26.3 Å². The Bertz CT molecular complexity index is 1200. The molecule has 3 aromatic carbocycles. The summed E-state index contributed by atoms with van der Waals surface area (Å²) in [6.45, 7) is 2.24. The fraction of sp³-hybridized carbons (Fsp3) is 0.500. The number of unbranched alkanes of at least 4 members (excludes halogenated alkanes) is 4. The van der Waals surface area contributed by atoms with Gasteiger partial charge in [-0.25, -0.2) is 13.2 Å². The van der Waals surface area contributed by atoms with Gasteiger partial charge in [0.1, 0.15) is 23.0 Å². The molecule has 0 radical (unpaired) electrons. The minimum Gasteiger partial charge on any atom is -0.206 e. The summed E-state index contributed by atoms with van der Waals surface area (Å²) in [5.74, 6) is -2.64. The molecule has 0 saturated heterocycles. The number of hydrogen-bond acceptors (Lipinski definition) is 0. The Labute approximate surface area is 221 Å². The summed E-state index contributed by atoms with van der Waals surface area (Å²) >= 11 is 0. The molecule has 0 N–H and O–H groups in total. The van der Waals surface area contributed by atoms with Crippen LogP contribution in [0.25, 0.3) is 21.9 Å². The zero-order chi connectivity index (χ0) is 27.3. The predicted octanol–water partition coefficient (Wildman–Crippen LogP) is 11.0. The van der Waals surface area contributed by atoms with Gasteiger partial charge >= 0.3 is 6.18 Å². The molecule has 0 bridgehead atoms. The first-order chi connectivity index (χ1) is 18.2. The fourth-order valence-corrected chi connectivity index (χ4v) is 5.94. The van der Waals surface area contributed by atoms with Gasteiger partial charge < -0.3 is 0 Å². The van der Waals surface area contributed by atoms with Gasteiger partial charge in [0.15, 0.2) is 0 Å². The molecular formula is C32H36F6. The third-order valence-corrected chi connectivity index (χ3v) is 8.18. The molecule has 38 heavy (non-hydrogen) atoms. The van der Waals surface area contributed by atoms with Gasteiger partial charge in [0, 0.05) is 10.9 Å². The number of rotatable bonds is 10. The maximum Gasteiger partial charge on any atom is 0.422 e. The predicted molar refractivity (Wildman–Crippen MR) is 141 cm³/mol. The van der Waals surface area contributed by atoms with Crippen molar-refractivity contribution >= 4 is 10.8 Å². The molecule has 6 heteroatoms. The average Bonchev–Trinajstić information content (AvgIpc) is 2.87. The van der Waals surface area contributed by atoms with E-state index in [1.807, 2.05) is 12.1 Å². The van der Waals surface area contributed by atoms with E-state index >= 15 is 4.39 Å². The van der Waals surface area contributed by atoms with Crippen LogP contribution in [0, 0.1) is 29.3 Å². The van der Waals surface area contributed by atoms with E-state index in [9.17, 15) is 22.0 Å². The van der Waals surface area contributed by atoms with Crippen molar-refractivity contribution in [2.45, 2.75) is 90.1 Å². The van der Waals surface area contributed by atoms with Crippen molar-refractivity contribution in [3.8, 4) is 11.1 Å². The first-order valence-corrected chi connectivity index (χ1v) is 13.9. The van der Waals surface area contributed by atoms with Gasteiger partial charge in [-0.1, -0.05) is 101 Å². The first kappa shape index (κ1) is 28.5. The minimum absolute atomic E-state index is 0.140. The van der Waals surface area contributed by atoms with E-state index in [0.29, 0.717) is 23.4 Å². The second kappa shape index (κ2) is 12.6. The SMILES string of the molecule is CCCCCCC[C@H]1CC[C@H](CCc2ccc3c(F)c(-c4cc(F)c(C(F)(F)F)c(F)c4)ccc3c2)CC1. The number of alkyl halides is 3. The summed E-state index contributed by atoms with van der Waals surface area (Å²) in [6.07, 6.45) is 10.1. The highest BCUT2D eigenvalue weighted by Gasteiger charge is 2.38. The molecule has 3 aromatic rings. The van der Waals surface area contributed by atoms with Crippen molar-refractivity contribution in [2.75, 3.05) is 0 Å². The smallest absolute Gasteiger partial charge is 0.206 e. The van der Waals surface area contributed by atoms with E-state index < -0.39 is 29.2 Å². The molecule has 0 aliphatic heterocycles. The number of halogens is 6. The van der Waals surface area contributed by atoms with Crippen molar-refractivity contribution in [1.82, 2.24) is 0 Å². The van der Waals surface area contributed by atoms with Crippen LogP contribution in [0.2, 0.25) is 0 Å². The highest BCUT2D eigenvalue weighted by Crippen LogP contribution is 2.38. The molecule has 0 spiro atoms. The zero-order valence-electron chi connectivity index (χ0n) is 21.9. The lowest BCUT2D eigenvalue weighted by atomic mass is 9.77. The van der Waals surface area contributed by atoms with Gasteiger partial charge in [-0.15, -0.1) is 0 Å². The third-order valence-electron chi connectivity index (χ3n) is 8.18. The fourth-order valence-electron chi connectivity index (χ4n) is 5.94. The Balaban J connectivity index is 1.37. The summed E-state index contributed by atoms with van der Waals surface area (Å²) in [4.78, 5) is 0. The van der Waals surface area contributed by atoms with E-state index in [2.05, 4.69) is 6.92 Å². The maximum atomic E-state index is 15.3. The topological polar surface area (TPSA) is 0 Å². The Hall–Kier alpha value is -2.50. The summed E-state index contributed by atoms with van der Waals surface area (Å²) in [5.41, 5.74) is -1.27. The van der Waals surface area contributed by atoms with Crippen LogP contribution >= 0.6 is 0 Å². The van der Waals surface area contributed by atoms with E-state index in [-0.39, 0.29) is 16.5 Å². The third kappa shape index (κ3) is 6.92. The van der Waals surface area contributed by atoms with Crippen molar-refractivity contribution in [3.05, 3.63) is 71.0 Å². The molecular weight excluding hydrogens is 498 g/mol. The summed E-state index contributed by atoms with van der Waals surface area (Å²) < 4.78 is 82.1. The molecule has 1 aliphatic rings. The lowest BCUT2D eigenvalue weighted by Gasteiger charge is -2.28. The lowest BCUT2D eigenvalue weighted by Crippen LogP contribution is -2.15. The average molecular weight is 535 g/mol. The molecule has 0 atom stereocenters. The second-order valence-electron chi connectivity index (χ2n) is 10.9. The van der Waals surface area contributed by atoms with E-state index in [1.165, 1.54) is 70.3 Å². The van der Waals surface area contributed by atoms with Gasteiger partial charge in [-0.05, 0) is 53.3 Å². The Kier molecular flexibility index (Phi) is 9.43. The highest BCUT2D eigenvalue weighted by atomic mass is 19.4. The standard InChI is InChI=1S/C32H36F6/c1-2-3-4-5-6-7-21-8-10-22(11-9-21)12-13-23-14-16-26-24(18-23)15-17-27(31(26)35)25-19-28(33)30(29(34)20-25)32(36,37)38/h14-22H,2-13H2,1H3/t21-,22-. The van der Waals surface area contributed by atoms with Crippen LogP contribution in [0.4, 0.5) is 26.3 Å². The van der Waals surface area contributed by atoms with Crippen LogP contribution < -0.4 is 0 Å². The van der Waals surface area contributed by atoms with Crippen molar-refractivity contribution in [3.63, 3.8) is 0 Å². The van der Waals surface area contributed by atoms with Crippen LogP contribution in [-0.2, 0) is 12.6 Å². The molecule has 0 nitrogen and oxygen atoms in total. The molecule has 1 fully saturated rings. The van der Waals surface area contributed by atoms with Crippen LogP contribution in [-0.4, -0.2) is 0 Å². The van der Waals surface area contributed by atoms with Gasteiger partial charge in [0.25, 0.3) is 0 Å². The summed E-state index contributed by atoms with van der Waals surface area (Å²) in [6, 6.07) is 9.53. The minimum atomic E-state index is -5.17. The molecule has 1 saturated carbocycles. The molecule has 0 amide bonds. The monoisotopic (exact) mass is 534 g/mol. The van der Waals surface area contributed by atoms with Crippen LogP contribution in [0.1, 0.15) is 88.7 Å². The molecule has 0 heterocycles. The summed E-state index contributed by atoms with van der Waals surface area (Å²) in [7, 11) is 0. The van der Waals surface area contributed by atoms with Crippen molar-refractivity contribution in [1.29, 1.82) is 0 Å². The van der Waals surface area contributed by atoms with E-state index in [1.54, 1.807) is 12.1 Å². The van der Waals surface area contributed by atoms with Crippen LogP contribution in [0.15, 0.2) is 42.5 Å². The molecule has 0 unspecified atom stereocenters. The largest absolute Gasteiger partial charge is 0.422 e. The Morgan fingerprint density at radius 1 is 0.737 bits per heavy atom. The highest BCUT2D eigenvalue weighted by molar-refractivity contribution is 5.88. The first-order valence-electron chi connectivity index (χ1n) is 13.9. The molecule has 4 rings (SSSR count). The lowest BCUT2D eigenvalue weighted by molar-refractivity contribution is -0.142. The quantitative estimate of drug-likeness (QED) is 0.179. The number of hydrogen-bond donors (Lipinski definition) is 0. The van der Waals surface area contributed by atoms with Crippen molar-refractivity contribution in [2.24, 2.45) is 11.8 Å². The maximum absolute atomic E-state index is 15.3. The van der Waals surface area contributed by atoms with Gasteiger partial charge in [0.2, 0.25) is 0 Å². The molecule has 0 aromatic heterocycles. The summed E-state index contributed by atoms with van der Waals surface area (Å²) in [5, 5.41) is 0.926. The van der Waals surface area contributed by atoms with Gasteiger partial charge in [-0.3, -0.25) is 0 Å². The van der Waals surface area contributed by atoms with Crippen LogP contribution in [0.3, 0.4) is 0 Å². The number of aryl methyl sites for hydroxylation is 1. The Morgan fingerprint density at radius 3 is 2.00 bits per heavy atom. The van der Waals surface area contributed by atoms with Gasteiger partial charge in [0.05, 0.1) is 0 Å². The Morgan fingerprint density at radius 2 is 1.37 bits per heavy atom. The van der Waals surface area contributed by atoms with Gasteiger partial charge in [-0.2, -0.15) is 13.2 Å². The van der Waals surface area contributed by atoms with Crippen LogP contribution in [0.5, 0.6) is 0 Å². The second-order valence-corrected chi connectivity index (χ2v) is 10.9. The normalized spacial score (nSPS) is 18.3. The molecule has 206 valence electrons.